The second-order valence-corrected chi connectivity index (χ2v) is 4.90. The third-order valence-corrected chi connectivity index (χ3v) is 3.23. The summed E-state index contributed by atoms with van der Waals surface area (Å²) in [5.74, 6) is 0. The highest BCUT2D eigenvalue weighted by atomic mass is 16.5. The fraction of sp³-hybridized carbons (Fsp3) is 0.500. The van der Waals surface area contributed by atoms with Gasteiger partial charge >= 0.3 is 6.03 Å². The van der Waals surface area contributed by atoms with Crippen molar-refractivity contribution in [3.8, 4) is 0 Å². The highest BCUT2D eigenvalue weighted by Gasteiger charge is 2.15. The van der Waals surface area contributed by atoms with Gasteiger partial charge in [0.25, 0.3) is 0 Å². The fourth-order valence-electron chi connectivity index (χ4n) is 2.09. The lowest BCUT2D eigenvalue weighted by Crippen LogP contribution is -2.41. The molecule has 1 saturated heterocycles. The number of carbonyl (C=O) groups is 1. The number of amides is 2. The number of hydrogen-bond acceptors (Lipinski definition) is 3. The Labute approximate surface area is 113 Å². The number of carbonyl (C=O) groups excluding carboxylic acids is 1. The van der Waals surface area contributed by atoms with Crippen molar-refractivity contribution < 1.29 is 9.53 Å². The third kappa shape index (κ3) is 4.22. The van der Waals surface area contributed by atoms with Crippen LogP contribution in [0.2, 0.25) is 0 Å². The smallest absolute Gasteiger partial charge is 0.319 e. The first-order valence-electron chi connectivity index (χ1n) is 6.66. The molecule has 5 heteroatoms. The molecule has 1 aromatic rings. The van der Waals surface area contributed by atoms with E-state index in [1.54, 1.807) is 0 Å². The molecule has 0 saturated carbocycles. The summed E-state index contributed by atoms with van der Waals surface area (Å²) in [4.78, 5) is 11.9. The van der Waals surface area contributed by atoms with Crippen molar-refractivity contribution in [3.05, 3.63) is 29.8 Å². The summed E-state index contributed by atoms with van der Waals surface area (Å²) in [6, 6.07) is 7.58. The Morgan fingerprint density at radius 1 is 1.42 bits per heavy atom. The van der Waals surface area contributed by atoms with Crippen molar-refractivity contribution in [2.24, 2.45) is 5.73 Å². The summed E-state index contributed by atoms with van der Waals surface area (Å²) in [7, 11) is 0. The molecule has 0 aromatic heterocycles. The summed E-state index contributed by atoms with van der Waals surface area (Å²) in [5.41, 5.74) is 7.59. The molecule has 0 bridgehead atoms. The second kappa shape index (κ2) is 6.54. The minimum absolute atomic E-state index is 0.0414. The first-order valence-corrected chi connectivity index (χ1v) is 6.66. The SMILES string of the molecule is CC(N)c1cccc(NC(=O)NC2CCOCC2)c1. The Morgan fingerprint density at radius 2 is 2.16 bits per heavy atom. The van der Waals surface area contributed by atoms with Gasteiger partial charge in [-0.3, -0.25) is 0 Å². The number of hydrogen-bond donors (Lipinski definition) is 3. The fourth-order valence-corrected chi connectivity index (χ4v) is 2.09. The number of ether oxygens (including phenoxy) is 1. The van der Waals surface area contributed by atoms with E-state index in [-0.39, 0.29) is 18.1 Å². The van der Waals surface area contributed by atoms with Crippen LogP contribution in [0.5, 0.6) is 0 Å². The first-order chi connectivity index (χ1) is 9.15. The summed E-state index contributed by atoms with van der Waals surface area (Å²) in [6.45, 7) is 3.34. The van der Waals surface area contributed by atoms with Crippen LogP contribution in [0.15, 0.2) is 24.3 Å². The minimum atomic E-state index is -0.172. The predicted octanol–water partition coefficient (Wildman–Crippen LogP) is 2.01. The largest absolute Gasteiger partial charge is 0.381 e. The van der Waals surface area contributed by atoms with Crippen molar-refractivity contribution in [3.63, 3.8) is 0 Å². The number of nitrogens with two attached hydrogens (primary N) is 1. The number of urea groups is 1. The Hall–Kier alpha value is -1.59. The zero-order chi connectivity index (χ0) is 13.7. The molecule has 0 aliphatic carbocycles. The van der Waals surface area contributed by atoms with Gasteiger partial charge in [0, 0.05) is 31.0 Å². The predicted molar refractivity (Wildman–Crippen MR) is 75.0 cm³/mol. The van der Waals surface area contributed by atoms with Crippen LogP contribution < -0.4 is 16.4 Å². The standard InChI is InChI=1S/C14H21N3O2/c1-10(15)11-3-2-4-13(9-11)17-14(18)16-12-5-7-19-8-6-12/h2-4,9-10,12H,5-8,15H2,1H3,(H2,16,17,18). The highest BCUT2D eigenvalue weighted by Crippen LogP contribution is 2.15. The molecule has 2 amide bonds. The average molecular weight is 263 g/mol. The summed E-state index contributed by atoms with van der Waals surface area (Å²) in [5, 5.41) is 5.79. The van der Waals surface area contributed by atoms with Gasteiger partial charge in [-0.15, -0.1) is 0 Å². The number of anilines is 1. The molecule has 1 aliphatic rings. The lowest BCUT2D eigenvalue weighted by atomic mass is 10.1. The van der Waals surface area contributed by atoms with Gasteiger partial charge in [0.05, 0.1) is 0 Å². The summed E-state index contributed by atoms with van der Waals surface area (Å²) >= 11 is 0. The maximum Gasteiger partial charge on any atom is 0.319 e. The molecule has 1 aromatic carbocycles. The highest BCUT2D eigenvalue weighted by molar-refractivity contribution is 5.89. The molecule has 1 unspecified atom stereocenters. The lowest BCUT2D eigenvalue weighted by Gasteiger charge is -2.23. The van der Waals surface area contributed by atoms with Crippen LogP contribution in [-0.2, 0) is 4.74 Å². The van der Waals surface area contributed by atoms with Gasteiger partial charge in [-0.25, -0.2) is 4.79 Å². The van der Waals surface area contributed by atoms with Crippen LogP contribution in [0, 0.1) is 0 Å². The molecule has 0 spiro atoms. The maximum atomic E-state index is 11.9. The second-order valence-electron chi connectivity index (χ2n) is 4.90. The van der Waals surface area contributed by atoms with Gasteiger partial charge in [-0.2, -0.15) is 0 Å². The van der Waals surface area contributed by atoms with Crippen LogP contribution in [0.1, 0.15) is 31.4 Å². The molecule has 1 aliphatic heterocycles. The van der Waals surface area contributed by atoms with E-state index in [1.807, 2.05) is 31.2 Å². The van der Waals surface area contributed by atoms with Gasteiger partial charge in [0.1, 0.15) is 0 Å². The van der Waals surface area contributed by atoms with Crippen molar-refractivity contribution in [1.29, 1.82) is 0 Å². The number of nitrogens with one attached hydrogen (secondary N) is 2. The van der Waals surface area contributed by atoms with E-state index in [0.29, 0.717) is 13.2 Å². The molecule has 1 atom stereocenters. The van der Waals surface area contributed by atoms with Crippen molar-refractivity contribution in [2.75, 3.05) is 18.5 Å². The van der Waals surface area contributed by atoms with E-state index in [0.717, 1.165) is 24.1 Å². The van der Waals surface area contributed by atoms with Crippen LogP contribution >= 0.6 is 0 Å². The van der Waals surface area contributed by atoms with E-state index < -0.39 is 0 Å². The Morgan fingerprint density at radius 3 is 2.84 bits per heavy atom. The molecular formula is C14H21N3O2. The van der Waals surface area contributed by atoms with E-state index in [2.05, 4.69) is 10.6 Å². The van der Waals surface area contributed by atoms with E-state index in [1.165, 1.54) is 0 Å². The minimum Gasteiger partial charge on any atom is -0.381 e. The molecular weight excluding hydrogens is 242 g/mol. The monoisotopic (exact) mass is 263 g/mol. The molecule has 1 heterocycles. The van der Waals surface area contributed by atoms with Gasteiger partial charge in [0.2, 0.25) is 0 Å². The molecule has 1 fully saturated rings. The first kappa shape index (κ1) is 13.8. The van der Waals surface area contributed by atoms with Gasteiger partial charge in [-0.05, 0) is 37.5 Å². The molecule has 5 nitrogen and oxygen atoms in total. The Kier molecular flexibility index (Phi) is 4.76. The quantitative estimate of drug-likeness (QED) is 0.780. The van der Waals surface area contributed by atoms with Gasteiger partial charge < -0.3 is 21.1 Å². The topological polar surface area (TPSA) is 76.4 Å². The van der Waals surface area contributed by atoms with Crippen molar-refractivity contribution in [1.82, 2.24) is 5.32 Å². The van der Waals surface area contributed by atoms with E-state index in [4.69, 9.17) is 10.5 Å². The van der Waals surface area contributed by atoms with Crippen molar-refractivity contribution >= 4 is 11.7 Å². The van der Waals surface area contributed by atoms with Crippen LogP contribution in [0.4, 0.5) is 10.5 Å². The average Bonchev–Trinajstić information content (AvgIpc) is 2.40. The molecule has 19 heavy (non-hydrogen) atoms. The Balaban J connectivity index is 1.89. The maximum absolute atomic E-state index is 11.9. The molecule has 2 rings (SSSR count). The summed E-state index contributed by atoms with van der Waals surface area (Å²) in [6.07, 6.45) is 1.74. The van der Waals surface area contributed by atoms with Crippen LogP contribution in [-0.4, -0.2) is 25.3 Å². The molecule has 4 N–H and O–H groups in total. The number of rotatable bonds is 3. The van der Waals surface area contributed by atoms with E-state index >= 15 is 0 Å². The van der Waals surface area contributed by atoms with Gasteiger partial charge in [-0.1, -0.05) is 12.1 Å². The van der Waals surface area contributed by atoms with Crippen LogP contribution in [0.25, 0.3) is 0 Å². The van der Waals surface area contributed by atoms with Crippen LogP contribution in [0.3, 0.4) is 0 Å². The lowest BCUT2D eigenvalue weighted by molar-refractivity contribution is 0.0806. The zero-order valence-corrected chi connectivity index (χ0v) is 11.2. The summed E-state index contributed by atoms with van der Waals surface area (Å²) < 4.78 is 5.26. The van der Waals surface area contributed by atoms with E-state index in [9.17, 15) is 4.79 Å². The molecule has 0 radical (unpaired) electrons. The van der Waals surface area contributed by atoms with Crippen molar-refractivity contribution in [2.45, 2.75) is 31.8 Å². The number of benzene rings is 1. The third-order valence-electron chi connectivity index (χ3n) is 3.23. The molecule has 104 valence electrons. The normalized spacial score (nSPS) is 17.8. The zero-order valence-electron chi connectivity index (χ0n) is 11.2. The Bertz CT molecular complexity index is 428. The van der Waals surface area contributed by atoms with Gasteiger partial charge in [0.15, 0.2) is 0 Å².